The summed E-state index contributed by atoms with van der Waals surface area (Å²) in [4.78, 5) is 3.49. The average Bonchev–Trinajstić information content (AvgIpc) is 3.07. The molecule has 0 aliphatic carbocycles. The number of sulfone groups is 1. The fraction of sp³-hybridized carbons (Fsp3) is 0.350. The Morgan fingerprint density at radius 3 is 2.50 bits per heavy atom. The fourth-order valence-corrected chi connectivity index (χ4v) is 6.78. The maximum absolute atomic E-state index is 11.8. The average molecular weight is 388 g/mol. The van der Waals surface area contributed by atoms with Crippen LogP contribution in [0.15, 0.2) is 46.3 Å². The zero-order valence-electron chi connectivity index (χ0n) is 15.3. The number of aromatic nitrogens is 1. The molecular weight excluding hydrogens is 364 g/mol. The molecule has 26 heavy (non-hydrogen) atoms. The van der Waals surface area contributed by atoms with Crippen LogP contribution in [-0.4, -0.2) is 27.0 Å². The minimum absolute atomic E-state index is 0.0643. The first-order valence-electron chi connectivity index (χ1n) is 8.79. The van der Waals surface area contributed by atoms with Crippen molar-refractivity contribution in [3.63, 3.8) is 0 Å². The van der Waals surface area contributed by atoms with E-state index in [0.717, 1.165) is 17.0 Å². The number of hydrogen-bond acceptors (Lipinski definition) is 4. The highest BCUT2D eigenvalue weighted by Crippen LogP contribution is 2.45. The van der Waals surface area contributed by atoms with Crippen molar-refractivity contribution in [3.05, 3.63) is 58.4 Å². The number of pyridine rings is 1. The topological polar surface area (TPSA) is 41.3 Å². The van der Waals surface area contributed by atoms with E-state index >= 15 is 0 Å². The van der Waals surface area contributed by atoms with Crippen LogP contribution >= 0.6 is 11.8 Å². The molecule has 0 N–H and O–H groups in total. The van der Waals surface area contributed by atoms with Gasteiger partial charge in [-0.3, -0.25) is 0 Å². The number of hydrogen-bond donors (Lipinski definition) is 0. The van der Waals surface area contributed by atoms with Gasteiger partial charge >= 0.3 is 0 Å². The summed E-state index contributed by atoms with van der Waals surface area (Å²) in [7, 11) is -0.792. The summed E-state index contributed by atoms with van der Waals surface area (Å²) >= 11 is 1.78. The van der Waals surface area contributed by atoms with Crippen LogP contribution in [0.3, 0.4) is 0 Å². The Bertz CT molecular complexity index is 989. The molecule has 2 aromatic rings. The smallest absolute Gasteiger partial charge is 0.179 e. The highest BCUT2D eigenvalue weighted by Gasteiger charge is 2.36. The number of aryl methyl sites for hydroxylation is 2. The lowest BCUT2D eigenvalue weighted by molar-refractivity contribution is -0.728. The molecule has 0 radical (unpaired) electrons. The first-order valence-corrected chi connectivity index (χ1v) is 11.4. The summed E-state index contributed by atoms with van der Waals surface area (Å²) in [6, 6.07) is 12.8. The first-order chi connectivity index (χ1) is 12.3. The molecule has 2 aliphatic heterocycles. The summed E-state index contributed by atoms with van der Waals surface area (Å²) in [5.74, 6) is 0.558. The molecule has 1 saturated heterocycles. The molecule has 0 bridgehead atoms. The lowest BCUT2D eigenvalue weighted by atomic mass is 10.1. The van der Waals surface area contributed by atoms with E-state index in [9.17, 15) is 8.42 Å². The molecule has 3 heterocycles. The molecule has 0 amide bonds. The van der Waals surface area contributed by atoms with Crippen LogP contribution < -0.4 is 9.47 Å². The summed E-state index contributed by atoms with van der Waals surface area (Å²) < 4.78 is 25.9. The maximum Gasteiger partial charge on any atom is 0.179 e. The van der Waals surface area contributed by atoms with Gasteiger partial charge in [-0.05, 0) is 23.8 Å². The van der Waals surface area contributed by atoms with Crippen LogP contribution in [0.1, 0.15) is 29.4 Å². The van der Waals surface area contributed by atoms with E-state index in [1.54, 1.807) is 11.8 Å². The van der Waals surface area contributed by atoms with Crippen LogP contribution in [0.5, 0.6) is 0 Å². The summed E-state index contributed by atoms with van der Waals surface area (Å²) in [5.41, 5.74) is 4.61. The third-order valence-corrected chi connectivity index (χ3v) is 8.06. The lowest BCUT2D eigenvalue weighted by Gasteiger charge is -2.14. The Morgan fingerprint density at radius 1 is 1.19 bits per heavy atom. The van der Waals surface area contributed by atoms with Crippen molar-refractivity contribution < 1.29 is 13.0 Å². The Hall–Kier alpha value is -1.79. The first kappa shape index (κ1) is 17.6. The van der Waals surface area contributed by atoms with Gasteiger partial charge in [0.05, 0.1) is 16.5 Å². The predicted molar refractivity (Wildman–Crippen MR) is 107 cm³/mol. The molecule has 1 fully saturated rings. The number of anilines is 1. The maximum atomic E-state index is 11.8. The normalized spacial score (nSPS) is 22.8. The van der Waals surface area contributed by atoms with E-state index < -0.39 is 9.84 Å². The van der Waals surface area contributed by atoms with Crippen molar-refractivity contribution in [1.82, 2.24) is 0 Å². The Kier molecular flexibility index (Phi) is 4.35. The van der Waals surface area contributed by atoms with Gasteiger partial charge in [-0.2, -0.15) is 4.57 Å². The molecule has 6 heteroatoms. The SMILES string of the molecule is Cc1cc(C=C2Sc3ccccc3N2C)cc(C)[n+]1[C@H]1CCS(=O)(=O)C1. The second kappa shape index (κ2) is 6.43. The molecule has 0 saturated carbocycles. The third-order valence-electron chi connectivity index (χ3n) is 5.15. The van der Waals surface area contributed by atoms with Crippen LogP contribution in [0.25, 0.3) is 6.08 Å². The van der Waals surface area contributed by atoms with Gasteiger partial charge in [-0.1, -0.05) is 23.9 Å². The van der Waals surface area contributed by atoms with E-state index in [1.807, 2.05) is 0 Å². The van der Waals surface area contributed by atoms with E-state index in [0.29, 0.717) is 12.2 Å². The van der Waals surface area contributed by atoms with E-state index in [1.165, 1.54) is 15.6 Å². The number of para-hydroxylation sites is 1. The van der Waals surface area contributed by atoms with Crippen molar-refractivity contribution in [3.8, 4) is 0 Å². The van der Waals surface area contributed by atoms with Gasteiger partial charge in [0.15, 0.2) is 27.3 Å². The monoisotopic (exact) mass is 387 g/mol. The van der Waals surface area contributed by atoms with Crippen molar-refractivity contribution in [2.24, 2.45) is 0 Å². The van der Waals surface area contributed by atoms with Gasteiger partial charge in [-0.25, -0.2) is 8.42 Å². The molecule has 4 rings (SSSR count). The van der Waals surface area contributed by atoms with Crippen molar-refractivity contribution in [1.29, 1.82) is 0 Å². The molecule has 1 atom stereocenters. The van der Waals surface area contributed by atoms with Crippen LogP contribution in [0, 0.1) is 13.8 Å². The van der Waals surface area contributed by atoms with Gasteiger partial charge in [0, 0.05) is 44.3 Å². The Morgan fingerprint density at radius 2 is 1.88 bits per heavy atom. The number of benzene rings is 1. The third kappa shape index (κ3) is 3.16. The summed E-state index contributed by atoms with van der Waals surface area (Å²) in [5, 5.41) is 1.20. The molecule has 4 nitrogen and oxygen atoms in total. The van der Waals surface area contributed by atoms with Crippen molar-refractivity contribution in [2.75, 3.05) is 23.5 Å². The molecule has 0 spiro atoms. The second-order valence-corrected chi connectivity index (χ2v) is 10.4. The van der Waals surface area contributed by atoms with Gasteiger partial charge < -0.3 is 4.90 Å². The van der Waals surface area contributed by atoms with E-state index in [2.05, 4.69) is 72.8 Å². The highest BCUT2D eigenvalue weighted by molar-refractivity contribution is 8.03. The molecule has 1 aromatic carbocycles. The Labute approximate surface area is 159 Å². The molecule has 1 aromatic heterocycles. The number of rotatable bonds is 2. The van der Waals surface area contributed by atoms with E-state index in [4.69, 9.17) is 0 Å². The van der Waals surface area contributed by atoms with Gasteiger partial charge in [-0.15, -0.1) is 0 Å². The number of fused-ring (bicyclic) bond motifs is 1. The minimum atomic E-state index is -2.89. The minimum Gasteiger partial charge on any atom is -0.338 e. The second-order valence-electron chi connectivity index (χ2n) is 7.11. The number of nitrogens with zero attached hydrogens (tertiary/aromatic N) is 2. The summed E-state index contributed by atoms with van der Waals surface area (Å²) in [6.07, 6.45) is 2.92. The van der Waals surface area contributed by atoms with Gasteiger partial charge in [0.2, 0.25) is 0 Å². The number of thioether (sulfide) groups is 1. The molecule has 136 valence electrons. The van der Waals surface area contributed by atoms with Crippen LogP contribution in [0.4, 0.5) is 5.69 Å². The predicted octanol–water partition coefficient (Wildman–Crippen LogP) is 3.49. The quantitative estimate of drug-likeness (QED) is 0.740. The van der Waals surface area contributed by atoms with Crippen LogP contribution in [-0.2, 0) is 9.84 Å². The Balaban J connectivity index is 1.66. The van der Waals surface area contributed by atoms with Crippen molar-refractivity contribution >= 4 is 33.4 Å². The highest BCUT2D eigenvalue weighted by atomic mass is 32.2. The standard InChI is InChI=1S/C20H23N2O2S2/c1-14-10-16(11-15(2)22(14)17-8-9-26(23,24)13-17)12-20-21(3)18-6-4-5-7-19(18)25-20/h4-7,10-12,17H,8-9,13H2,1-3H3/q+1/t17-/m0/s1. The van der Waals surface area contributed by atoms with Crippen molar-refractivity contribution in [2.45, 2.75) is 31.2 Å². The molecular formula is C20H23N2O2S2+. The largest absolute Gasteiger partial charge is 0.338 e. The zero-order valence-corrected chi connectivity index (χ0v) is 16.9. The fourth-order valence-electron chi connectivity index (χ4n) is 3.97. The lowest BCUT2D eigenvalue weighted by Crippen LogP contribution is -2.45. The molecule has 0 unspecified atom stereocenters. The summed E-state index contributed by atoms with van der Waals surface area (Å²) in [6.45, 7) is 4.14. The van der Waals surface area contributed by atoms with Gasteiger partial charge in [0.25, 0.3) is 0 Å². The van der Waals surface area contributed by atoms with Gasteiger partial charge in [0.1, 0.15) is 5.75 Å². The van der Waals surface area contributed by atoms with Crippen LogP contribution in [0.2, 0.25) is 0 Å². The zero-order chi connectivity index (χ0) is 18.5. The molecule has 2 aliphatic rings. The van der Waals surface area contributed by atoms with E-state index in [-0.39, 0.29) is 11.8 Å².